The maximum atomic E-state index is 10.1. The zero-order chi connectivity index (χ0) is 7.40. The summed E-state index contributed by atoms with van der Waals surface area (Å²) in [5.74, 6) is 0.292. The van der Waals surface area contributed by atoms with E-state index < -0.39 is 11.1 Å². The number of nitrogens with zero attached hydrogens (tertiary/aromatic N) is 1. The zero-order valence-corrected chi connectivity index (χ0v) is 9.73. The molecule has 5 heteroatoms. The topological polar surface area (TPSA) is 43.4 Å². The molecule has 0 aliphatic carbocycles. The van der Waals surface area contributed by atoms with Crippen LogP contribution in [0.1, 0.15) is 12.8 Å². The zero-order valence-electron chi connectivity index (χ0n) is 6.91. The van der Waals surface area contributed by atoms with Gasteiger partial charge in [0.05, 0.1) is 0 Å². The molecule has 11 heavy (non-hydrogen) atoms. The number of rotatable bonds is 3. The molecule has 0 amide bonds. The minimum absolute atomic E-state index is 0. The minimum Gasteiger partial charge on any atom is -0.772 e. The molecule has 1 fully saturated rings. The van der Waals surface area contributed by atoms with E-state index >= 15 is 0 Å². The predicted molar refractivity (Wildman–Crippen MR) is 39.5 cm³/mol. The van der Waals surface area contributed by atoms with Gasteiger partial charge in [-0.1, -0.05) is 11.1 Å². The van der Waals surface area contributed by atoms with Gasteiger partial charge in [0.25, 0.3) is 0 Å². The molecule has 1 atom stereocenters. The smallest absolute Gasteiger partial charge is 0.772 e. The van der Waals surface area contributed by atoms with Crippen molar-refractivity contribution in [1.82, 2.24) is 4.90 Å². The van der Waals surface area contributed by atoms with E-state index in [-0.39, 0.29) is 29.6 Å². The molecule has 1 saturated heterocycles. The van der Waals surface area contributed by atoms with Crippen LogP contribution in [0.4, 0.5) is 0 Å². The van der Waals surface area contributed by atoms with Crippen LogP contribution in [0.25, 0.3) is 0 Å². The molecule has 1 aliphatic rings. The first-order valence-corrected chi connectivity index (χ1v) is 4.81. The standard InChI is InChI=1S/C6H13NO2S.Na/c8-10(9)6-5-7-3-1-2-4-7;/h1-6H2,(H,8,9);/q;+1/p-1. The van der Waals surface area contributed by atoms with Crippen molar-refractivity contribution < 1.29 is 38.3 Å². The largest absolute Gasteiger partial charge is 1.00 e. The van der Waals surface area contributed by atoms with Gasteiger partial charge in [0.1, 0.15) is 0 Å². The van der Waals surface area contributed by atoms with Gasteiger partial charge in [-0.15, -0.1) is 0 Å². The van der Waals surface area contributed by atoms with Gasteiger partial charge >= 0.3 is 29.6 Å². The Morgan fingerprint density at radius 1 is 1.36 bits per heavy atom. The van der Waals surface area contributed by atoms with Crippen molar-refractivity contribution in [3.8, 4) is 0 Å². The summed E-state index contributed by atoms with van der Waals surface area (Å²) in [4.78, 5) is 2.19. The third-order valence-electron chi connectivity index (χ3n) is 1.77. The third-order valence-corrected chi connectivity index (χ3v) is 2.29. The first kappa shape index (κ1) is 12.1. The first-order valence-electron chi connectivity index (χ1n) is 3.57. The number of hydrogen-bond acceptors (Lipinski definition) is 3. The molecule has 0 N–H and O–H groups in total. The molecule has 0 spiro atoms. The molecule has 0 radical (unpaired) electrons. The Morgan fingerprint density at radius 2 is 1.91 bits per heavy atom. The van der Waals surface area contributed by atoms with E-state index in [2.05, 4.69) is 4.90 Å². The van der Waals surface area contributed by atoms with Crippen LogP contribution in [-0.4, -0.2) is 39.0 Å². The van der Waals surface area contributed by atoms with E-state index in [1.54, 1.807) is 0 Å². The maximum absolute atomic E-state index is 10.1. The van der Waals surface area contributed by atoms with Crippen molar-refractivity contribution in [2.24, 2.45) is 0 Å². The molecule has 0 saturated carbocycles. The summed E-state index contributed by atoms with van der Waals surface area (Å²) in [5, 5.41) is 0. The molecule has 1 rings (SSSR count). The van der Waals surface area contributed by atoms with Crippen molar-refractivity contribution >= 4 is 11.1 Å². The van der Waals surface area contributed by atoms with Crippen molar-refractivity contribution in [3.63, 3.8) is 0 Å². The number of hydrogen-bond donors (Lipinski definition) is 0. The molecule has 60 valence electrons. The molecular formula is C6H12NNaO2S. The van der Waals surface area contributed by atoms with Crippen molar-refractivity contribution in [2.75, 3.05) is 25.4 Å². The SMILES string of the molecule is O=S([O-])CCN1CCCC1.[Na+]. The molecule has 3 nitrogen and oxygen atoms in total. The van der Waals surface area contributed by atoms with Crippen LogP contribution in [0.15, 0.2) is 0 Å². The normalized spacial score (nSPS) is 21.2. The molecule has 0 aromatic carbocycles. The molecule has 0 aromatic heterocycles. The maximum Gasteiger partial charge on any atom is 1.00 e. The minimum atomic E-state index is -1.85. The molecule has 0 bridgehead atoms. The van der Waals surface area contributed by atoms with Gasteiger partial charge in [0.15, 0.2) is 0 Å². The van der Waals surface area contributed by atoms with Gasteiger partial charge in [-0.2, -0.15) is 0 Å². The van der Waals surface area contributed by atoms with Gasteiger partial charge in [0, 0.05) is 12.3 Å². The summed E-state index contributed by atoms with van der Waals surface area (Å²) < 4.78 is 20.3. The fourth-order valence-corrected chi connectivity index (χ4v) is 1.62. The Labute approximate surface area is 92.1 Å². The van der Waals surface area contributed by atoms with Gasteiger partial charge in [-0.05, 0) is 25.9 Å². The summed E-state index contributed by atoms with van der Waals surface area (Å²) in [7, 11) is 0. The Kier molecular flexibility index (Phi) is 7.21. The van der Waals surface area contributed by atoms with Crippen molar-refractivity contribution in [2.45, 2.75) is 12.8 Å². The first-order chi connectivity index (χ1) is 4.79. The second-order valence-electron chi connectivity index (χ2n) is 2.56. The van der Waals surface area contributed by atoms with Crippen LogP contribution in [0.3, 0.4) is 0 Å². The average molecular weight is 185 g/mol. The van der Waals surface area contributed by atoms with Crippen LogP contribution in [0.2, 0.25) is 0 Å². The van der Waals surface area contributed by atoms with Gasteiger partial charge in [0.2, 0.25) is 0 Å². The van der Waals surface area contributed by atoms with E-state index in [1.165, 1.54) is 12.8 Å². The quantitative estimate of drug-likeness (QED) is 0.347. The van der Waals surface area contributed by atoms with Crippen molar-refractivity contribution in [1.29, 1.82) is 0 Å². The van der Waals surface area contributed by atoms with Crippen LogP contribution in [0.5, 0.6) is 0 Å². The summed E-state index contributed by atoms with van der Waals surface area (Å²) >= 11 is -1.85. The van der Waals surface area contributed by atoms with Crippen molar-refractivity contribution in [3.05, 3.63) is 0 Å². The molecule has 1 heterocycles. The summed E-state index contributed by atoms with van der Waals surface area (Å²) in [6, 6.07) is 0. The fourth-order valence-electron chi connectivity index (χ4n) is 1.21. The predicted octanol–water partition coefficient (Wildman–Crippen LogP) is -3.03. The molecule has 1 unspecified atom stereocenters. The van der Waals surface area contributed by atoms with E-state index in [9.17, 15) is 8.76 Å². The Morgan fingerprint density at radius 3 is 2.36 bits per heavy atom. The molecule has 0 aromatic rings. The second kappa shape index (κ2) is 6.57. The Balaban J connectivity index is 0.000001000. The average Bonchev–Trinajstić information content (AvgIpc) is 2.34. The van der Waals surface area contributed by atoms with Gasteiger partial charge in [-0.25, -0.2) is 0 Å². The van der Waals surface area contributed by atoms with Gasteiger partial charge in [-0.3, -0.25) is 4.21 Å². The second-order valence-corrected chi connectivity index (χ2v) is 3.57. The fraction of sp³-hybridized carbons (Fsp3) is 1.00. The Bertz CT molecular complexity index is 128. The summed E-state index contributed by atoms with van der Waals surface area (Å²) in [6.45, 7) is 2.88. The van der Waals surface area contributed by atoms with Crippen LogP contribution in [0, 0.1) is 0 Å². The Hall–Kier alpha value is 1.07. The van der Waals surface area contributed by atoms with E-state index in [4.69, 9.17) is 0 Å². The van der Waals surface area contributed by atoms with Crippen LogP contribution < -0.4 is 29.6 Å². The number of likely N-dealkylation sites (tertiary alicyclic amines) is 1. The molecule has 1 aliphatic heterocycles. The van der Waals surface area contributed by atoms with E-state index in [1.807, 2.05) is 0 Å². The van der Waals surface area contributed by atoms with E-state index in [0.29, 0.717) is 5.75 Å². The summed E-state index contributed by atoms with van der Waals surface area (Å²) in [6.07, 6.45) is 2.46. The van der Waals surface area contributed by atoms with Crippen LogP contribution in [-0.2, 0) is 11.1 Å². The molecular weight excluding hydrogens is 173 g/mol. The van der Waals surface area contributed by atoms with Crippen LogP contribution >= 0.6 is 0 Å². The summed E-state index contributed by atoms with van der Waals surface area (Å²) in [5.41, 5.74) is 0. The third kappa shape index (κ3) is 5.33. The monoisotopic (exact) mass is 185 g/mol. The van der Waals surface area contributed by atoms with E-state index in [0.717, 1.165) is 19.6 Å². The van der Waals surface area contributed by atoms with Gasteiger partial charge < -0.3 is 9.45 Å².